The summed E-state index contributed by atoms with van der Waals surface area (Å²) in [6.45, 7) is 4.45. The highest BCUT2D eigenvalue weighted by Gasteiger charge is 2.46. The van der Waals surface area contributed by atoms with E-state index in [4.69, 9.17) is 0 Å². The molecule has 4 heteroatoms. The van der Waals surface area contributed by atoms with Crippen molar-refractivity contribution in [2.45, 2.75) is 38.5 Å². The average Bonchev–Trinajstić information content (AvgIpc) is 3.20. The number of likely N-dealkylation sites (N-methyl/N-ethyl adjacent to an activating group) is 1. The van der Waals surface area contributed by atoms with Gasteiger partial charge in [-0.2, -0.15) is 0 Å². The van der Waals surface area contributed by atoms with Crippen molar-refractivity contribution in [3.05, 3.63) is 64.7 Å². The number of amides is 1. The lowest BCUT2D eigenvalue weighted by Crippen LogP contribution is -2.41. The second-order valence-electron chi connectivity index (χ2n) is 8.81. The van der Waals surface area contributed by atoms with Gasteiger partial charge in [-0.15, -0.1) is 0 Å². The monoisotopic (exact) mass is 387 g/mol. The third-order valence-electron chi connectivity index (χ3n) is 6.74. The SMILES string of the molecule is Cc1ccc(C2CC2C(=O)N(CC2=NCCN2C)c2ccc3c(c2)CCC3)cc1. The maximum Gasteiger partial charge on any atom is 0.231 e. The molecule has 1 amide bonds. The number of aliphatic imine (C=N–C) groups is 1. The van der Waals surface area contributed by atoms with E-state index >= 15 is 0 Å². The number of fused-ring (bicyclic) bond motifs is 1. The molecule has 0 spiro atoms. The van der Waals surface area contributed by atoms with Crippen LogP contribution in [0.4, 0.5) is 5.69 Å². The summed E-state index contributed by atoms with van der Waals surface area (Å²) in [5.41, 5.74) is 6.44. The summed E-state index contributed by atoms with van der Waals surface area (Å²) in [6, 6.07) is 15.3. The molecule has 1 fully saturated rings. The summed E-state index contributed by atoms with van der Waals surface area (Å²) >= 11 is 0. The summed E-state index contributed by atoms with van der Waals surface area (Å²) < 4.78 is 0. The minimum absolute atomic E-state index is 0.0817. The lowest BCUT2D eigenvalue weighted by Gasteiger charge is -2.26. The fourth-order valence-electron chi connectivity index (χ4n) is 4.76. The summed E-state index contributed by atoms with van der Waals surface area (Å²) in [4.78, 5) is 22.4. The van der Waals surface area contributed by atoms with Crippen LogP contribution in [0.1, 0.15) is 41.0 Å². The first-order chi connectivity index (χ1) is 14.1. The summed E-state index contributed by atoms with van der Waals surface area (Å²) in [5.74, 6) is 1.70. The lowest BCUT2D eigenvalue weighted by atomic mass is 10.1. The van der Waals surface area contributed by atoms with E-state index in [0.29, 0.717) is 12.5 Å². The van der Waals surface area contributed by atoms with Crippen molar-refractivity contribution < 1.29 is 4.79 Å². The summed E-state index contributed by atoms with van der Waals surface area (Å²) in [5, 5.41) is 0. The molecule has 29 heavy (non-hydrogen) atoms. The van der Waals surface area contributed by atoms with Crippen LogP contribution in [0.2, 0.25) is 0 Å². The molecule has 1 heterocycles. The number of nitrogens with zero attached hydrogens (tertiary/aromatic N) is 3. The van der Waals surface area contributed by atoms with Gasteiger partial charge in [0.25, 0.3) is 0 Å². The van der Waals surface area contributed by atoms with Crippen molar-refractivity contribution >= 4 is 17.4 Å². The van der Waals surface area contributed by atoms with Crippen LogP contribution < -0.4 is 4.90 Å². The van der Waals surface area contributed by atoms with E-state index in [-0.39, 0.29) is 11.8 Å². The topological polar surface area (TPSA) is 35.9 Å². The molecule has 2 aliphatic carbocycles. The van der Waals surface area contributed by atoms with E-state index in [1.807, 2.05) is 4.90 Å². The van der Waals surface area contributed by atoms with Gasteiger partial charge in [-0.25, -0.2) is 0 Å². The molecule has 0 aromatic heterocycles. The van der Waals surface area contributed by atoms with Crippen molar-refractivity contribution in [1.29, 1.82) is 0 Å². The van der Waals surface area contributed by atoms with Crippen molar-refractivity contribution in [2.24, 2.45) is 10.9 Å². The number of amidine groups is 1. The van der Waals surface area contributed by atoms with Crippen LogP contribution in [0, 0.1) is 12.8 Å². The van der Waals surface area contributed by atoms with Crippen LogP contribution in [0.15, 0.2) is 47.5 Å². The van der Waals surface area contributed by atoms with Gasteiger partial charge in [0, 0.05) is 25.2 Å². The molecule has 0 N–H and O–H groups in total. The summed E-state index contributed by atoms with van der Waals surface area (Å²) in [7, 11) is 2.07. The molecule has 150 valence electrons. The maximum absolute atomic E-state index is 13.6. The molecule has 0 bridgehead atoms. The van der Waals surface area contributed by atoms with Crippen LogP contribution in [-0.2, 0) is 17.6 Å². The Labute approximate surface area is 173 Å². The van der Waals surface area contributed by atoms with Crippen molar-refractivity contribution in [1.82, 2.24) is 4.90 Å². The predicted molar refractivity (Wildman–Crippen MR) is 118 cm³/mol. The molecule has 4 nitrogen and oxygen atoms in total. The first kappa shape index (κ1) is 18.4. The number of aryl methyl sites for hydroxylation is 3. The van der Waals surface area contributed by atoms with Crippen molar-refractivity contribution in [2.75, 3.05) is 31.6 Å². The van der Waals surface area contributed by atoms with Crippen molar-refractivity contribution in [3.63, 3.8) is 0 Å². The Hall–Kier alpha value is -2.62. The van der Waals surface area contributed by atoms with E-state index in [1.165, 1.54) is 28.7 Å². The fraction of sp³-hybridized carbons (Fsp3) is 0.440. The molecule has 3 aliphatic rings. The molecular formula is C25H29N3O. The van der Waals surface area contributed by atoms with Gasteiger partial charge in [0.05, 0.1) is 13.1 Å². The Morgan fingerprint density at radius 3 is 2.69 bits per heavy atom. The minimum Gasteiger partial charge on any atom is -0.360 e. The van der Waals surface area contributed by atoms with Gasteiger partial charge >= 0.3 is 0 Å². The van der Waals surface area contributed by atoms with E-state index in [2.05, 4.69) is 66.3 Å². The number of rotatable bonds is 5. The number of carbonyl (C=O) groups is 1. The predicted octanol–water partition coefficient (Wildman–Crippen LogP) is 3.96. The number of benzene rings is 2. The number of carbonyl (C=O) groups excluding carboxylic acids is 1. The van der Waals surface area contributed by atoms with Crippen LogP contribution in [0.3, 0.4) is 0 Å². The second-order valence-corrected chi connectivity index (χ2v) is 8.81. The van der Waals surface area contributed by atoms with Crippen LogP contribution in [0.25, 0.3) is 0 Å². The van der Waals surface area contributed by atoms with E-state index in [0.717, 1.165) is 43.9 Å². The highest BCUT2D eigenvalue weighted by molar-refractivity contribution is 6.03. The van der Waals surface area contributed by atoms with Crippen LogP contribution in [0.5, 0.6) is 0 Å². The minimum atomic E-state index is 0.0817. The number of hydrogen-bond acceptors (Lipinski definition) is 3. The Kier molecular flexibility index (Phi) is 4.65. The van der Waals surface area contributed by atoms with Gasteiger partial charge in [0.1, 0.15) is 5.84 Å². The Morgan fingerprint density at radius 1 is 1.14 bits per heavy atom. The molecule has 0 saturated heterocycles. The zero-order chi connectivity index (χ0) is 20.0. The maximum atomic E-state index is 13.6. The molecule has 1 aliphatic heterocycles. The smallest absolute Gasteiger partial charge is 0.231 e. The average molecular weight is 388 g/mol. The zero-order valence-electron chi connectivity index (χ0n) is 17.4. The van der Waals surface area contributed by atoms with E-state index in [1.54, 1.807) is 0 Å². The Balaban J connectivity index is 1.41. The van der Waals surface area contributed by atoms with Gasteiger partial charge in [-0.3, -0.25) is 9.79 Å². The number of hydrogen-bond donors (Lipinski definition) is 0. The normalized spacial score (nSPS) is 22.4. The Morgan fingerprint density at radius 2 is 1.93 bits per heavy atom. The van der Waals surface area contributed by atoms with E-state index in [9.17, 15) is 4.79 Å². The molecule has 2 aromatic carbocycles. The molecule has 5 rings (SSSR count). The van der Waals surface area contributed by atoms with Crippen molar-refractivity contribution in [3.8, 4) is 0 Å². The lowest BCUT2D eigenvalue weighted by molar-refractivity contribution is -0.119. The van der Waals surface area contributed by atoms with Gasteiger partial charge < -0.3 is 9.80 Å². The van der Waals surface area contributed by atoms with Crippen LogP contribution >= 0.6 is 0 Å². The van der Waals surface area contributed by atoms with Gasteiger partial charge in [0.15, 0.2) is 0 Å². The number of anilines is 1. The second kappa shape index (κ2) is 7.33. The Bertz CT molecular complexity index is 963. The molecule has 2 unspecified atom stereocenters. The molecule has 0 radical (unpaired) electrons. The van der Waals surface area contributed by atoms with Gasteiger partial charge in [0.2, 0.25) is 5.91 Å². The molecule has 2 atom stereocenters. The molecular weight excluding hydrogens is 358 g/mol. The van der Waals surface area contributed by atoms with Gasteiger partial charge in [-0.1, -0.05) is 35.9 Å². The molecule has 2 aromatic rings. The third-order valence-corrected chi connectivity index (χ3v) is 6.74. The quantitative estimate of drug-likeness (QED) is 0.778. The standard InChI is InChI=1S/C25H29N3O/c1-17-6-8-19(9-7-17)22-15-23(22)25(29)28(16-24-26-12-13-27(24)2)21-11-10-18-4-3-5-20(18)14-21/h6-11,14,22-23H,3-5,12-13,15-16H2,1-2H3. The van der Waals surface area contributed by atoms with Gasteiger partial charge in [-0.05, 0) is 67.3 Å². The zero-order valence-corrected chi connectivity index (χ0v) is 17.4. The van der Waals surface area contributed by atoms with Crippen LogP contribution in [-0.4, -0.2) is 43.3 Å². The summed E-state index contributed by atoms with van der Waals surface area (Å²) in [6.07, 6.45) is 4.46. The first-order valence-corrected chi connectivity index (χ1v) is 10.8. The first-order valence-electron chi connectivity index (χ1n) is 10.8. The third kappa shape index (κ3) is 3.57. The molecule has 1 saturated carbocycles. The highest BCUT2D eigenvalue weighted by atomic mass is 16.2. The largest absolute Gasteiger partial charge is 0.360 e. The fourth-order valence-corrected chi connectivity index (χ4v) is 4.76. The van der Waals surface area contributed by atoms with E-state index < -0.39 is 0 Å². The highest BCUT2D eigenvalue weighted by Crippen LogP contribution is 2.49.